The molecule has 0 aliphatic carbocycles. The predicted molar refractivity (Wildman–Crippen MR) is 49.6 cm³/mol. The first-order valence-electron chi connectivity index (χ1n) is 4.59. The van der Waals surface area contributed by atoms with Crippen LogP contribution in [0.3, 0.4) is 0 Å². The van der Waals surface area contributed by atoms with Crippen LogP contribution in [-0.4, -0.2) is 24.6 Å². The monoisotopic (exact) mass is 174 g/mol. The van der Waals surface area contributed by atoms with Crippen molar-refractivity contribution in [2.24, 2.45) is 0 Å². The van der Waals surface area contributed by atoms with Gasteiger partial charge in [0.1, 0.15) is 0 Å². The highest BCUT2D eigenvalue weighted by Gasteiger charge is 2.20. The molecule has 0 aromatic heterocycles. The van der Waals surface area contributed by atoms with Crippen LogP contribution >= 0.6 is 0 Å². The first kappa shape index (κ1) is 11.9. The second-order valence-corrected chi connectivity index (χ2v) is 3.02. The molecule has 2 unspecified atom stereocenters. The number of hydrogen-bond donors (Lipinski definition) is 1. The molecule has 12 heavy (non-hydrogen) atoms. The molecule has 0 aliphatic rings. The van der Waals surface area contributed by atoms with Crippen molar-refractivity contribution in [3.8, 4) is 0 Å². The maximum Gasteiger partial charge on any atom is 0.637 e. The predicted octanol–water partition coefficient (Wildman–Crippen LogP) is 1.59. The Labute approximate surface area is 75.2 Å². The molecule has 72 valence electrons. The van der Waals surface area contributed by atoms with Gasteiger partial charge >= 0.3 is 7.32 Å². The molecular formula is C8H19BO3. The Bertz CT molecular complexity index is 98.5. The van der Waals surface area contributed by atoms with E-state index in [1.165, 1.54) is 0 Å². The van der Waals surface area contributed by atoms with E-state index < -0.39 is 7.32 Å². The van der Waals surface area contributed by atoms with Gasteiger partial charge in [0.15, 0.2) is 0 Å². The van der Waals surface area contributed by atoms with Crippen molar-refractivity contribution in [2.75, 3.05) is 0 Å². The molecule has 1 N–H and O–H groups in total. The topological polar surface area (TPSA) is 38.7 Å². The van der Waals surface area contributed by atoms with E-state index >= 15 is 0 Å². The van der Waals surface area contributed by atoms with Gasteiger partial charge < -0.3 is 14.3 Å². The summed E-state index contributed by atoms with van der Waals surface area (Å²) >= 11 is 0. The van der Waals surface area contributed by atoms with Crippen molar-refractivity contribution in [1.29, 1.82) is 0 Å². The first-order chi connectivity index (χ1) is 5.60. The lowest BCUT2D eigenvalue weighted by molar-refractivity contribution is 0.0638. The van der Waals surface area contributed by atoms with Crippen LogP contribution in [0.2, 0.25) is 0 Å². The quantitative estimate of drug-likeness (QED) is 0.621. The number of rotatable bonds is 6. The molecule has 0 fully saturated rings. The summed E-state index contributed by atoms with van der Waals surface area (Å²) < 4.78 is 10.2. The average Bonchev–Trinajstić information content (AvgIpc) is 2.03. The third-order valence-electron chi connectivity index (χ3n) is 1.85. The Morgan fingerprint density at radius 2 is 1.42 bits per heavy atom. The van der Waals surface area contributed by atoms with Crippen molar-refractivity contribution in [3.05, 3.63) is 0 Å². The normalized spacial score (nSPS) is 15.8. The lowest BCUT2D eigenvalue weighted by Crippen LogP contribution is -2.30. The molecule has 2 atom stereocenters. The molecule has 4 heteroatoms. The minimum Gasteiger partial charge on any atom is -0.402 e. The van der Waals surface area contributed by atoms with E-state index in [0.717, 1.165) is 12.8 Å². The van der Waals surface area contributed by atoms with Gasteiger partial charge in [-0.05, 0) is 26.7 Å². The van der Waals surface area contributed by atoms with E-state index in [9.17, 15) is 5.02 Å². The van der Waals surface area contributed by atoms with Gasteiger partial charge in [0, 0.05) is 12.2 Å². The average molecular weight is 174 g/mol. The van der Waals surface area contributed by atoms with Crippen molar-refractivity contribution in [3.63, 3.8) is 0 Å². The minimum absolute atomic E-state index is 0.0454. The lowest BCUT2D eigenvalue weighted by Gasteiger charge is -2.16. The van der Waals surface area contributed by atoms with Crippen molar-refractivity contribution in [2.45, 2.75) is 52.7 Å². The zero-order chi connectivity index (χ0) is 9.56. The van der Waals surface area contributed by atoms with E-state index in [1.54, 1.807) is 0 Å². The van der Waals surface area contributed by atoms with E-state index in [4.69, 9.17) is 9.31 Å². The molecule has 0 bridgehead atoms. The van der Waals surface area contributed by atoms with Gasteiger partial charge in [-0.2, -0.15) is 0 Å². The highest BCUT2D eigenvalue weighted by atomic mass is 16.7. The molecule has 3 nitrogen and oxygen atoms in total. The fourth-order valence-electron chi connectivity index (χ4n) is 0.622. The van der Waals surface area contributed by atoms with Gasteiger partial charge in [0.2, 0.25) is 0 Å². The highest BCUT2D eigenvalue weighted by Crippen LogP contribution is 2.02. The highest BCUT2D eigenvalue weighted by molar-refractivity contribution is 6.34. The van der Waals surface area contributed by atoms with Crippen LogP contribution in [0.15, 0.2) is 0 Å². The van der Waals surface area contributed by atoms with Crippen LogP contribution < -0.4 is 0 Å². The van der Waals surface area contributed by atoms with Gasteiger partial charge in [-0.1, -0.05) is 13.8 Å². The maximum absolute atomic E-state index is 9.21. The van der Waals surface area contributed by atoms with Crippen molar-refractivity contribution < 1.29 is 14.3 Å². The van der Waals surface area contributed by atoms with Gasteiger partial charge in [0.25, 0.3) is 0 Å². The summed E-state index contributed by atoms with van der Waals surface area (Å²) in [4.78, 5) is 0. The van der Waals surface area contributed by atoms with Crippen LogP contribution in [0.1, 0.15) is 40.5 Å². The third-order valence-corrected chi connectivity index (χ3v) is 1.85. The van der Waals surface area contributed by atoms with Crippen LogP contribution in [0.4, 0.5) is 0 Å². The van der Waals surface area contributed by atoms with Gasteiger partial charge in [-0.25, -0.2) is 0 Å². The van der Waals surface area contributed by atoms with E-state index in [1.807, 2.05) is 27.7 Å². The molecule has 0 aromatic carbocycles. The van der Waals surface area contributed by atoms with Crippen LogP contribution in [0.5, 0.6) is 0 Å². The first-order valence-corrected chi connectivity index (χ1v) is 4.59. The van der Waals surface area contributed by atoms with Crippen molar-refractivity contribution in [1.82, 2.24) is 0 Å². The Kier molecular flexibility index (Phi) is 6.43. The standard InChI is InChI=1S/C8H19BO3/c1-5-7(3)11-9(10)12-8(4)6-2/h7-8,10H,5-6H2,1-4H3. The minimum atomic E-state index is -1.07. The molecule has 0 rings (SSSR count). The SMILES string of the molecule is CCC(C)OB(O)OC(C)CC. The summed E-state index contributed by atoms with van der Waals surface area (Å²) in [7, 11) is -1.07. The summed E-state index contributed by atoms with van der Waals surface area (Å²) in [6.07, 6.45) is 1.84. The molecule has 0 aliphatic heterocycles. The summed E-state index contributed by atoms with van der Waals surface area (Å²) in [6.45, 7) is 7.81. The molecule has 0 amide bonds. The van der Waals surface area contributed by atoms with E-state index in [-0.39, 0.29) is 12.2 Å². The summed E-state index contributed by atoms with van der Waals surface area (Å²) in [5.41, 5.74) is 0. The van der Waals surface area contributed by atoms with E-state index in [2.05, 4.69) is 0 Å². The van der Waals surface area contributed by atoms with Crippen LogP contribution in [0, 0.1) is 0 Å². The fourth-order valence-corrected chi connectivity index (χ4v) is 0.622. The van der Waals surface area contributed by atoms with Gasteiger partial charge in [-0.15, -0.1) is 0 Å². The zero-order valence-electron chi connectivity index (χ0n) is 8.41. The second kappa shape index (κ2) is 6.46. The fraction of sp³-hybridized carbons (Fsp3) is 1.00. The number of hydrogen-bond acceptors (Lipinski definition) is 3. The molecule has 0 spiro atoms. The molecule has 0 saturated carbocycles. The largest absolute Gasteiger partial charge is 0.637 e. The van der Waals surface area contributed by atoms with Gasteiger partial charge in [-0.3, -0.25) is 0 Å². The van der Waals surface area contributed by atoms with Crippen molar-refractivity contribution >= 4 is 7.32 Å². The Morgan fingerprint density at radius 3 is 1.67 bits per heavy atom. The Hall–Kier alpha value is -0.0551. The maximum atomic E-state index is 9.21. The molecule has 0 radical (unpaired) electrons. The molecular weight excluding hydrogens is 155 g/mol. The van der Waals surface area contributed by atoms with E-state index in [0.29, 0.717) is 0 Å². The smallest absolute Gasteiger partial charge is 0.402 e. The molecule has 0 heterocycles. The summed E-state index contributed by atoms with van der Waals surface area (Å²) in [5, 5.41) is 9.21. The molecule has 0 aromatic rings. The molecule has 0 saturated heterocycles. The summed E-state index contributed by atoms with van der Waals surface area (Å²) in [6, 6.07) is 0. The van der Waals surface area contributed by atoms with Crippen LogP contribution in [-0.2, 0) is 9.31 Å². The second-order valence-electron chi connectivity index (χ2n) is 3.02. The Morgan fingerprint density at radius 1 is 1.08 bits per heavy atom. The lowest BCUT2D eigenvalue weighted by atomic mass is 10.2. The Balaban J connectivity index is 3.51. The summed E-state index contributed by atoms with van der Waals surface area (Å²) in [5.74, 6) is 0. The van der Waals surface area contributed by atoms with Crippen LogP contribution in [0.25, 0.3) is 0 Å². The third kappa shape index (κ3) is 5.58. The zero-order valence-corrected chi connectivity index (χ0v) is 8.41. The van der Waals surface area contributed by atoms with Gasteiger partial charge in [0.05, 0.1) is 0 Å².